The summed E-state index contributed by atoms with van der Waals surface area (Å²) >= 11 is 0. The molecule has 3 aromatic rings. The van der Waals surface area contributed by atoms with Crippen LogP contribution < -0.4 is 9.47 Å². The van der Waals surface area contributed by atoms with Crippen LogP contribution in [0, 0.1) is 11.3 Å². The summed E-state index contributed by atoms with van der Waals surface area (Å²) in [7, 11) is 1.69. The van der Waals surface area contributed by atoms with Crippen LogP contribution in [0.25, 0.3) is 22.2 Å². The van der Waals surface area contributed by atoms with Crippen molar-refractivity contribution in [2.75, 3.05) is 7.11 Å². The molecule has 0 amide bonds. The molecule has 5 nitrogen and oxygen atoms in total. The molecule has 4 rings (SSSR count). The Balaban J connectivity index is 1.72. The summed E-state index contributed by atoms with van der Waals surface area (Å²) < 4.78 is 62.8. The lowest BCUT2D eigenvalue weighted by Gasteiger charge is -2.37. The number of aryl methyl sites for hydroxylation is 2. The number of methoxy groups -OCH3 is 1. The van der Waals surface area contributed by atoms with Crippen molar-refractivity contribution in [1.82, 2.24) is 4.57 Å². The van der Waals surface area contributed by atoms with Crippen LogP contribution in [-0.4, -0.2) is 36.0 Å². The predicted octanol–water partition coefficient (Wildman–Crippen LogP) is 9.69. The number of rotatable bonds is 14. The van der Waals surface area contributed by atoms with Gasteiger partial charge in [-0.3, -0.25) is 0 Å². The number of alkyl halides is 3. The molecule has 0 bridgehead atoms. The third-order valence-corrected chi connectivity index (χ3v) is 8.99. The third kappa shape index (κ3) is 7.10. The van der Waals surface area contributed by atoms with E-state index in [9.17, 15) is 18.0 Å². The average Bonchev–Trinajstić information content (AvgIpc) is 3.50. The van der Waals surface area contributed by atoms with Crippen molar-refractivity contribution in [2.45, 2.75) is 104 Å². The predicted molar refractivity (Wildman–Crippen MR) is 169 cm³/mol. The fraction of sp³-hybridized carbons (Fsp3) is 0.528. The number of nitrogens with zero attached hydrogens (tertiary/aromatic N) is 1. The van der Waals surface area contributed by atoms with Gasteiger partial charge in [-0.1, -0.05) is 46.3 Å². The summed E-state index contributed by atoms with van der Waals surface area (Å²) in [6, 6.07) is 14.0. The Morgan fingerprint density at radius 3 is 2.50 bits per heavy atom. The highest BCUT2D eigenvalue weighted by Gasteiger charge is 2.66. The molecule has 3 atom stereocenters. The minimum atomic E-state index is -4.64. The molecule has 0 spiro atoms. The largest absolute Gasteiger partial charge is 0.496 e. The van der Waals surface area contributed by atoms with Crippen LogP contribution in [0.5, 0.6) is 11.5 Å². The van der Waals surface area contributed by atoms with Crippen LogP contribution in [0.1, 0.15) is 78.2 Å². The van der Waals surface area contributed by atoms with Crippen LogP contribution in [0.4, 0.5) is 13.2 Å². The molecule has 0 N–H and O–H groups in total. The highest BCUT2D eigenvalue weighted by atomic mass is 19.4. The molecule has 3 unspecified atom stereocenters. The molecule has 44 heavy (non-hydrogen) atoms. The van der Waals surface area contributed by atoms with Crippen LogP contribution >= 0.6 is 0 Å². The Kier molecular flexibility index (Phi) is 10.7. The third-order valence-electron chi connectivity index (χ3n) is 8.99. The van der Waals surface area contributed by atoms with Gasteiger partial charge in [-0.05, 0) is 87.3 Å². The first-order chi connectivity index (χ1) is 20.9. The van der Waals surface area contributed by atoms with Crippen molar-refractivity contribution in [3.63, 3.8) is 0 Å². The Morgan fingerprint density at radius 1 is 1.09 bits per heavy atom. The van der Waals surface area contributed by atoms with Gasteiger partial charge in [-0.25, -0.2) is 4.79 Å². The minimum absolute atomic E-state index is 0.0481. The number of ether oxygens (including phenoxy) is 3. The van der Waals surface area contributed by atoms with Crippen LogP contribution in [0.2, 0.25) is 0 Å². The van der Waals surface area contributed by atoms with Gasteiger partial charge in [0, 0.05) is 29.6 Å². The second-order valence-electron chi connectivity index (χ2n) is 12.5. The minimum Gasteiger partial charge on any atom is -0.496 e. The lowest BCUT2D eigenvalue weighted by atomic mass is 9.83. The normalized spacial score (nSPS) is 20.3. The zero-order valence-electron chi connectivity index (χ0n) is 26.6. The molecule has 1 fully saturated rings. The number of benzene rings is 2. The Hall–Kier alpha value is -3.42. The van der Waals surface area contributed by atoms with Gasteiger partial charge in [0.05, 0.1) is 18.3 Å². The number of unbranched alkanes of at least 4 members (excludes halogenated alkanes) is 2. The fourth-order valence-electron chi connectivity index (χ4n) is 6.30. The van der Waals surface area contributed by atoms with Gasteiger partial charge < -0.3 is 18.8 Å². The van der Waals surface area contributed by atoms with E-state index in [1.165, 1.54) is 12.0 Å². The molecule has 8 heteroatoms. The van der Waals surface area contributed by atoms with Gasteiger partial charge in [-0.2, -0.15) is 13.2 Å². The molecule has 0 radical (unpaired) electrons. The SMILES string of the molecule is C=CC(=O)OC1CCC(Oc2ccc3cc(-c4ccc(CCCCC)cc4OC)n(CCCC(C)C)c3c2)C1(C)C(F)(F)F. The number of hydrogen-bond donors (Lipinski definition) is 0. The van der Waals surface area contributed by atoms with Crippen molar-refractivity contribution in [3.05, 3.63) is 60.7 Å². The first-order valence-electron chi connectivity index (χ1n) is 15.8. The number of carbonyl (C=O) groups excluding carboxylic acids is 1. The van der Waals surface area contributed by atoms with Crippen molar-refractivity contribution in [3.8, 4) is 22.8 Å². The Morgan fingerprint density at radius 2 is 1.84 bits per heavy atom. The molecule has 2 aromatic carbocycles. The first-order valence-corrected chi connectivity index (χ1v) is 15.8. The maximum atomic E-state index is 14.5. The van der Waals surface area contributed by atoms with E-state index >= 15 is 0 Å². The summed E-state index contributed by atoms with van der Waals surface area (Å²) in [5.74, 6) is 0.822. The van der Waals surface area contributed by atoms with Crippen molar-refractivity contribution < 1.29 is 32.2 Å². The average molecular weight is 614 g/mol. The van der Waals surface area contributed by atoms with E-state index in [1.54, 1.807) is 13.2 Å². The lowest BCUT2D eigenvalue weighted by molar-refractivity contribution is -0.262. The molecule has 1 aliphatic carbocycles. The summed E-state index contributed by atoms with van der Waals surface area (Å²) in [6.07, 6.45) is 0.278. The van der Waals surface area contributed by atoms with Crippen LogP contribution in [0.15, 0.2) is 55.1 Å². The number of halogens is 3. The quantitative estimate of drug-likeness (QED) is 0.103. The topological polar surface area (TPSA) is 49.7 Å². The highest BCUT2D eigenvalue weighted by Crippen LogP contribution is 2.53. The second-order valence-corrected chi connectivity index (χ2v) is 12.5. The molecule has 1 aromatic heterocycles. The molecular weight excluding hydrogens is 567 g/mol. The summed E-state index contributed by atoms with van der Waals surface area (Å²) in [4.78, 5) is 11.8. The van der Waals surface area contributed by atoms with Crippen molar-refractivity contribution in [1.29, 1.82) is 0 Å². The summed E-state index contributed by atoms with van der Waals surface area (Å²) in [6.45, 7) is 11.7. The summed E-state index contributed by atoms with van der Waals surface area (Å²) in [5.41, 5.74) is 1.73. The zero-order chi connectivity index (χ0) is 32.1. The van der Waals surface area contributed by atoms with E-state index in [4.69, 9.17) is 14.2 Å². The van der Waals surface area contributed by atoms with Crippen LogP contribution in [0.3, 0.4) is 0 Å². The number of esters is 1. The van der Waals surface area contributed by atoms with E-state index in [0.717, 1.165) is 79.6 Å². The maximum absolute atomic E-state index is 14.5. The molecule has 0 saturated heterocycles. The monoisotopic (exact) mass is 613 g/mol. The number of aromatic nitrogens is 1. The van der Waals surface area contributed by atoms with E-state index in [1.807, 2.05) is 12.1 Å². The van der Waals surface area contributed by atoms with Gasteiger partial charge in [0.15, 0.2) is 0 Å². The van der Waals surface area contributed by atoms with Crippen molar-refractivity contribution in [2.24, 2.45) is 11.3 Å². The Labute approximate surface area is 259 Å². The molecule has 1 saturated carbocycles. The van der Waals surface area contributed by atoms with Crippen LogP contribution in [-0.2, 0) is 22.5 Å². The van der Waals surface area contributed by atoms with Gasteiger partial charge in [0.1, 0.15) is 29.1 Å². The maximum Gasteiger partial charge on any atom is 0.401 e. The molecule has 240 valence electrons. The fourth-order valence-corrected chi connectivity index (χ4v) is 6.30. The van der Waals surface area contributed by atoms with Gasteiger partial charge >= 0.3 is 12.1 Å². The van der Waals surface area contributed by atoms with Gasteiger partial charge in [0.2, 0.25) is 0 Å². The molecule has 1 heterocycles. The number of fused-ring (bicyclic) bond motifs is 1. The zero-order valence-corrected chi connectivity index (χ0v) is 26.6. The molecular formula is C36H46F3NO4. The van der Waals surface area contributed by atoms with E-state index < -0.39 is 29.8 Å². The molecule has 0 aliphatic heterocycles. The van der Waals surface area contributed by atoms with E-state index in [2.05, 4.69) is 56.2 Å². The number of hydrogen-bond acceptors (Lipinski definition) is 4. The first kappa shape index (κ1) is 33.5. The Bertz CT molecular complexity index is 1440. The number of carbonyl (C=O) groups is 1. The smallest absolute Gasteiger partial charge is 0.401 e. The van der Waals surface area contributed by atoms with E-state index in [0.29, 0.717) is 11.7 Å². The highest BCUT2D eigenvalue weighted by molar-refractivity contribution is 5.89. The summed E-state index contributed by atoms with van der Waals surface area (Å²) in [5, 5.41) is 0.966. The van der Waals surface area contributed by atoms with Crippen molar-refractivity contribution >= 4 is 16.9 Å². The molecule has 1 aliphatic rings. The van der Waals surface area contributed by atoms with E-state index in [-0.39, 0.29) is 12.8 Å². The van der Waals surface area contributed by atoms with Gasteiger partial charge in [0.25, 0.3) is 0 Å². The lowest BCUT2D eigenvalue weighted by Crippen LogP contribution is -2.51. The standard InChI is InChI=1S/C36H46F3NO4/c1-7-9-10-13-25-14-17-28(31(21-25)42-6)30-22-26-15-16-27(23-29(26)40(30)20-11-12-24(3)4)43-32-18-19-33(44-34(41)8-2)35(32,5)36(37,38)39/h8,14-17,21-24,32-33H,2,7,9-13,18-20H2,1,3-6H3. The van der Waals surface area contributed by atoms with Gasteiger partial charge in [-0.15, -0.1) is 0 Å². The second kappa shape index (κ2) is 14.1.